The number of nitrogens with one attached hydrogen (secondary N) is 1. The summed E-state index contributed by atoms with van der Waals surface area (Å²) in [5.41, 5.74) is 0.982. The molecule has 1 aromatic carbocycles. The van der Waals surface area contributed by atoms with Crippen LogP contribution in [0.1, 0.15) is 44.7 Å². The highest BCUT2D eigenvalue weighted by Gasteiger charge is 2.12. The van der Waals surface area contributed by atoms with Gasteiger partial charge in [-0.25, -0.2) is 4.39 Å². The third kappa shape index (κ3) is 5.32. The molecule has 0 heterocycles. The molecule has 104 valence electrons. The first kappa shape index (κ1) is 15.5. The van der Waals surface area contributed by atoms with Crippen LogP contribution in [0, 0.1) is 18.2 Å². The largest absolute Gasteiger partial charge is 0.493 e. The van der Waals surface area contributed by atoms with Crippen molar-refractivity contribution in [3.8, 4) is 18.1 Å². The van der Waals surface area contributed by atoms with Crippen LogP contribution in [0.4, 0.5) is 4.39 Å². The molecule has 1 N–H and O–H groups in total. The summed E-state index contributed by atoms with van der Waals surface area (Å²) in [4.78, 5) is 0. The second-order valence-electron chi connectivity index (χ2n) is 4.51. The van der Waals surface area contributed by atoms with Crippen molar-refractivity contribution in [3.05, 3.63) is 29.6 Å². The minimum absolute atomic E-state index is 0.142. The molecule has 0 fully saturated rings. The van der Waals surface area contributed by atoms with Gasteiger partial charge in [0.05, 0.1) is 6.61 Å². The van der Waals surface area contributed by atoms with Crippen molar-refractivity contribution in [2.75, 3.05) is 13.2 Å². The average Bonchev–Trinajstić information content (AvgIpc) is 2.41. The molecule has 3 heteroatoms. The number of terminal acetylenes is 1. The van der Waals surface area contributed by atoms with E-state index in [9.17, 15) is 4.39 Å². The molecule has 0 aliphatic carbocycles. The molecule has 0 aliphatic rings. The van der Waals surface area contributed by atoms with E-state index in [4.69, 9.17) is 11.2 Å². The summed E-state index contributed by atoms with van der Waals surface area (Å²) in [6.45, 7) is 5.61. The van der Waals surface area contributed by atoms with Crippen LogP contribution in [-0.4, -0.2) is 13.2 Å². The summed E-state index contributed by atoms with van der Waals surface area (Å²) in [6, 6.07) is 4.82. The smallest absolute Gasteiger partial charge is 0.126 e. The number of rotatable bonds is 8. The van der Waals surface area contributed by atoms with Crippen LogP contribution < -0.4 is 10.1 Å². The summed E-state index contributed by atoms with van der Waals surface area (Å²) in [7, 11) is 0. The molecule has 0 amide bonds. The fourth-order valence-electron chi connectivity index (χ4n) is 1.82. The first-order valence-electron chi connectivity index (χ1n) is 6.78. The van der Waals surface area contributed by atoms with Gasteiger partial charge in [-0.15, -0.1) is 12.3 Å². The lowest BCUT2D eigenvalue weighted by atomic mass is 10.1. The zero-order valence-corrected chi connectivity index (χ0v) is 11.7. The maximum absolute atomic E-state index is 13.3. The first-order chi connectivity index (χ1) is 9.19. The minimum Gasteiger partial charge on any atom is -0.493 e. The molecule has 0 aliphatic heterocycles. The van der Waals surface area contributed by atoms with Gasteiger partial charge in [0.25, 0.3) is 0 Å². The standard InChI is InChI=1S/C16H22FNO/c1-4-6-7-11-19-16-12-14(17)8-9-15(16)13(3)18-10-5-2/h1,8-9,12-13,18H,5-7,10-11H2,2-3H3. The highest BCUT2D eigenvalue weighted by Crippen LogP contribution is 2.26. The molecule has 0 saturated heterocycles. The van der Waals surface area contributed by atoms with Crippen LogP contribution in [-0.2, 0) is 0 Å². The lowest BCUT2D eigenvalue weighted by molar-refractivity contribution is 0.305. The maximum atomic E-state index is 13.3. The first-order valence-corrected chi connectivity index (χ1v) is 6.78. The van der Waals surface area contributed by atoms with E-state index < -0.39 is 0 Å². The zero-order valence-electron chi connectivity index (χ0n) is 11.7. The Hall–Kier alpha value is -1.53. The molecule has 1 aromatic rings. The normalized spacial score (nSPS) is 11.9. The predicted molar refractivity (Wildman–Crippen MR) is 76.7 cm³/mol. The van der Waals surface area contributed by atoms with Gasteiger partial charge in [0.15, 0.2) is 0 Å². The fourth-order valence-corrected chi connectivity index (χ4v) is 1.82. The quantitative estimate of drug-likeness (QED) is 0.570. The van der Waals surface area contributed by atoms with Crippen LogP contribution in [0.5, 0.6) is 5.75 Å². The molecule has 19 heavy (non-hydrogen) atoms. The van der Waals surface area contributed by atoms with E-state index >= 15 is 0 Å². The number of unbranched alkanes of at least 4 members (excludes halogenated alkanes) is 1. The van der Waals surface area contributed by atoms with E-state index in [0.717, 1.165) is 24.9 Å². The molecule has 2 nitrogen and oxygen atoms in total. The van der Waals surface area contributed by atoms with Crippen molar-refractivity contribution in [2.24, 2.45) is 0 Å². The molecule has 1 rings (SSSR count). The van der Waals surface area contributed by atoms with E-state index in [1.54, 1.807) is 6.07 Å². The van der Waals surface area contributed by atoms with E-state index in [0.29, 0.717) is 18.8 Å². The van der Waals surface area contributed by atoms with Gasteiger partial charge in [0.1, 0.15) is 11.6 Å². The Morgan fingerprint density at radius 1 is 1.47 bits per heavy atom. The van der Waals surface area contributed by atoms with E-state index in [1.165, 1.54) is 12.1 Å². The number of halogens is 1. The highest BCUT2D eigenvalue weighted by atomic mass is 19.1. The Balaban J connectivity index is 2.70. The number of benzene rings is 1. The van der Waals surface area contributed by atoms with Gasteiger partial charge < -0.3 is 10.1 Å². The SMILES string of the molecule is C#CCCCOc1cc(F)ccc1C(C)NCCC. The Kier molecular flexibility index (Phi) is 6.99. The van der Waals surface area contributed by atoms with Gasteiger partial charge in [-0.05, 0) is 32.4 Å². The van der Waals surface area contributed by atoms with Crippen LogP contribution in [0.3, 0.4) is 0 Å². The monoisotopic (exact) mass is 263 g/mol. The van der Waals surface area contributed by atoms with Gasteiger partial charge in [0, 0.05) is 24.1 Å². The summed E-state index contributed by atoms with van der Waals surface area (Å²) in [5.74, 6) is 2.89. The lowest BCUT2D eigenvalue weighted by Gasteiger charge is -2.18. The molecular weight excluding hydrogens is 241 g/mol. The van der Waals surface area contributed by atoms with Gasteiger partial charge in [-0.1, -0.05) is 13.0 Å². The van der Waals surface area contributed by atoms with E-state index in [1.807, 2.05) is 0 Å². The molecule has 0 radical (unpaired) electrons. The summed E-state index contributed by atoms with van der Waals surface area (Å²) >= 11 is 0. The molecular formula is C16H22FNO. The molecule has 0 saturated carbocycles. The van der Waals surface area contributed by atoms with Crippen molar-refractivity contribution in [3.63, 3.8) is 0 Å². The van der Waals surface area contributed by atoms with Crippen LogP contribution in [0.15, 0.2) is 18.2 Å². The molecule has 0 spiro atoms. The van der Waals surface area contributed by atoms with Gasteiger partial charge in [0.2, 0.25) is 0 Å². The van der Waals surface area contributed by atoms with Crippen LogP contribution in [0.25, 0.3) is 0 Å². The van der Waals surface area contributed by atoms with Crippen molar-refractivity contribution in [1.82, 2.24) is 5.32 Å². The highest BCUT2D eigenvalue weighted by molar-refractivity contribution is 5.36. The van der Waals surface area contributed by atoms with Crippen molar-refractivity contribution in [1.29, 1.82) is 0 Å². The molecule has 0 bridgehead atoms. The minimum atomic E-state index is -0.279. The van der Waals surface area contributed by atoms with E-state index in [2.05, 4.69) is 25.1 Å². The summed E-state index contributed by atoms with van der Waals surface area (Å²) in [6.07, 6.45) is 7.70. The third-order valence-electron chi connectivity index (χ3n) is 2.87. The van der Waals surface area contributed by atoms with Crippen molar-refractivity contribution in [2.45, 2.75) is 39.2 Å². The second kappa shape index (κ2) is 8.55. The van der Waals surface area contributed by atoms with Crippen molar-refractivity contribution < 1.29 is 9.13 Å². The Labute approximate surface area is 115 Å². The Bertz CT molecular complexity index is 425. The number of hydrogen-bond donors (Lipinski definition) is 1. The predicted octanol–water partition coefficient (Wildman–Crippen LogP) is 3.68. The van der Waals surface area contributed by atoms with Crippen LogP contribution >= 0.6 is 0 Å². The maximum Gasteiger partial charge on any atom is 0.126 e. The second-order valence-corrected chi connectivity index (χ2v) is 4.51. The number of ether oxygens (including phenoxy) is 1. The zero-order chi connectivity index (χ0) is 14.1. The van der Waals surface area contributed by atoms with Gasteiger partial charge in [-0.2, -0.15) is 0 Å². The van der Waals surface area contributed by atoms with Crippen molar-refractivity contribution >= 4 is 0 Å². The van der Waals surface area contributed by atoms with Gasteiger partial charge >= 0.3 is 0 Å². The number of hydrogen-bond acceptors (Lipinski definition) is 2. The lowest BCUT2D eigenvalue weighted by Crippen LogP contribution is -2.20. The molecule has 1 atom stereocenters. The fraction of sp³-hybridized carbons (Fsp3) is 0.500. The van der Waals surface area contributed by atoms with Crippen LogP contribution in [0.2, 0.25) is 0 Å². The summed E-state index contributed by atoms with van der Waals surface area (Å²) < 4.78 is 19.0. The average molecular weight is 263 g/mol. The topological polar surface area (TPSA) is 21.3 Å². The molecule has 1 unspecified atom stereocenters. The Morgan fingerprint density at radius 3 is 2.95 bits per heavy atom. The summed E-state index contributed by atoms with van der Waals surface area (Å²) in [5, 5.41) is 3.38. The van der Waals surface area contributed by atoms with Gasteiger partial charge in [-0.3, -0.25) is 0 Å². The van der Waals surface area contributed by atoms with E-state index in [-0.39, 0.29) is 11.9 Å². The Morgan fingerprint density at radius 2 is 2.26 bits per heavy atom. The third-order valence-corrected chi connectivity index (χ3v) is 2.87. The molecule has 0 aromatic heterocycles.